The highest BCUT2D eigenvalue weighted by molar-refractivity contribution is 5.90. The Morgan fingerprint density at radius 2 is 2.21 bits per heavy atom. The minimum atomic E-state index is -0.199. The monoisotopic (exact) mass is 185 g/mol. The molecule has 68 valence electrons. The van der Waals surface area contributed by atoms with Crippen LogP contribution in [0.15, 0.2) is 24.3 Å². The molecule has 2 rings (SSSR count). The Hall–Kier alpha value is -2.15. The fraction of sp³-hybridized carbons (Fsp3) is 0.100. The van der Waals surface area contributed by atoms with Gasteiger partial charge in [-0.25, -0.2) is 4.98 Å². The number of benzene rings is 1. The van der Waals surface area contributed by atoms with Gasteiger partial charge in [0.15, 0.2) is 0 Å². The Labute approximate surface area is 80.4 Å². The molecule has 0 radical (unpaired) electrons. The molecule has 4 nitrogen and oxygen atoms in total. The fourth-order valence-corrected chi connectivity index (χ4v) is 1.42. The van der Waals surface area contributed by atoms with Crippen LogP contribution >= 0.6 is 0 Å². The first-order valence-corrected chi connectivity index (χ1v) is 4.12. The van der Waals surface area contributed by atoms with Gasteiger partial charge in [0, 0.05) is 6.92 Å². The summed E-state index contributed by atoms with van der Waals surface area (Å²) in [6.45, 7) is 1.41. The zero-order chi connectivity index (χ0) is 10.1. The number of nitriles is 1. The van der Waals surface area contributed by atoms with E-state index in [9.17, 15) is 4.79 Å². The third-order valence-electron chi connectivity index (χ3n) is 1.98. The van der Waals surface area contributed by atoms with E-state index < -0.39 is 0 Å². The van der Waals surface area contributed by atoms with E-state index in [1.54, 1.807) is 12.1 Å². The topological polar surface area (TPSA) is 58.7 Å². The van der Waals surface area contributed by atoms with E-state index in [-0.39, 0.29) is 11.7 Å². The normalized spacial score (nSPS) is 10.0. The number of carbonyl (C=O) groups is 1. The largest absolute Gasteiger partial charge is 0.274 e. The van der Waals surface area contributed by atoms with Gasteiger partial charge in [-0.15, -0.1) is 0 Å². The zero-order valence-electron chi connectivity index (χ0n) is 7.56. The van der Waals surface area contributed by atoms with Gasteiger partial charge in [0.05, 0.1) is 11.0 Å². The van der Waals surface area contributed by atoms with Gasteiger partial charge < -0.3 is 0 Å². The third kappa shape index (κ3) is 1.07. The number of carbonyl (C=O) groups excluding carboxylic acids is 1. The van der Waals surface area contributed by atoms with Crippen molar-refractivity contribution in [2.45, 2.75) is 6.92 Å². The first kappa shape index (κ1) is 8.45. The number of fused-ring (bicyclic) bond motifs is 1. The third-order valence-corrected chi connectivity index (χ3v) is 1.98. The van der Waals surface area contributed by atoms with Gasteiger partial charge in [0.2, 0.25) is 11.7 Å². The van der Waals surface area contributed by atoms with E-state index in [1.165, 1.54) is 11.5 Å². The van der Waals surface area contributed by atoms with Crippen molar-refractivity contribution in [3.63, 3.8) is 0 Å². The molecule has 2 aromatic rings. The molecule has 0 bridgehead atoms. The lowest BCUT2D eigenvalue weighted by atomic mass is 10.3. The van der Waals surface area contributed by atoms with Crippen molar-refractivity contribution in [3.05, 3.63) is 30.1 Å². The summed E-state index contributed by atoms with van der Waals surface area (Å²) in [4.78, 5) is 15.3. The molecule has 1 heterocycles. The van der Waals surface area contributed by atoms with Gasteiger partial charge >= 0.3 is 0 Å². The summed E-state index contributed by atoms with van der Waals surface area (Å²) in [5.74, 6) is -0.0612. The van der Waals surface area contributed by atoms with Crippen LogP contribution in [0.5, 0.6) is 0 Å². The van der Waals surface area contributed by atoms with Crippen LogP contribution in [0.4, 0.5) is 0 Å². The molecule has 0 spiro atoms. The van der Waals surface area contributed by atoms with Crippen LogP contribution in [0, 0.1) is 11.3 Å². The maximum Gasteiger partial charge on any atom is 0.230 e. The molecule has 0 saturated carbocycles. The van der Waals surface area contributed by atoms with Crippen molar-refractivity contribution < 1.29 is 4.79 Å². The Balaban J connectivity index is 2.89. The summed E-state index contributed by atoms with van der Waals surface area (Å²) >= 11 is 0. The van der Waals surface area contributed by atoms with E-state index >= 15 is 0 Å². The van der Waals surface area contributed by atoms with Crippen molar-refractivity contribution in [1.29, 1.82) is 5.26 Å². The van der Waals surface area contributed by atoms with Crippen LogP contribution < -0.4 is 0 Å². The maximum atomic E-state index is 11.3. The van der Waals surface area contributed by atoms with Crippen LogP contribution in [0.25, 0.3) is 11.0 Å². The molecule has 0 aliphatic rings. The van der Waals surface area contributed by atoms with Crippen LogP contribution in [-0.2, 0) is 0 Å². The molecule has 0 fully saturated rings. The molecule has 4 heteroatoms. The molecule has 0 aliphatic heterocycles. The summed E-state index contributed by atoms with van der Waals surface area (Å²) in [5, 5.41) is 8.78. The Kier molecular flexibility index (Phi) is 1.79. The molecule has 0 amide bonds. The van der Waals surface area contributed by atoms with Crippen molar-refractivity contribution in [1.82, 2.24) is 9.55 Å². The number of hydrogen-bond acceptors (Lipinski definition) is 3. The molecule has 0 N–H and O–H groups in total. The first-order chi connectivity index (χ1) is 6.74. The molecule has 0 saturated heterocycles. The lowest BCUT2D eigenvalue weighted by molar-refractivity contribution is 0.0940. The summed E-state index contributed by atoms with van der Waals surface area (Å²) < 4.78 is 1.31. The van der Waals surface area contributed by atoms with Gasteiger partial charge in [-0.3, -0.25) is 9.36 Å². The highest BCUT2D eigenvalue weighted by Crippen LogP contribution is 2.14. The first-order valence-electron chi connectivity index (χ1n) is 4.12. The number of rotatable bonds is 0. The number of hydrogen-bond donors (Lipinski definition) is 0. The molecule has 1 aromatic carbocycles. The van der Waals surface area contributed by atoms with Crippen molar-refractivity contribution >= 4 is 16.9 Å². The zero-order valence-corrected chi connectivity index (χ0v) is 7.56. The highest BCUT2D eigenvalue weighted by atomic mass is 16.1. The summed E-state index contributed by atoms with van der Waals surface area (Å²) in [7, 11) is 0. The van der Waals surface area contributed by atoms with Gasteiger partial charge in [-0.2, -0.15) is 5.26 Å². The van der Waals surface area contributed by atoms with E-state index in [0.29, 0.717) is 11.0 Å². The van der Waals surface area contributed by atoms with Gasteiger partial charge in [-0.1, -0.05) is 12.1 Å². The predicted molar refractivity (Wildman–Crippen MR) is 50.7 cm³/mol. The predicted octanol–water partition coefficient (Wildman–Crippen LogP) is 1.57. The SMILES string of the molecule is CC(=O)n1c(C#N)nc2ccccc21. The van der Waals surface area contributed by atoms with E-state index in [1.807, 2.05) is 18.2 Å². The minimum absolute atomic E-state index is 0.138. The van der Waals surface area contributed by atoms with Gasteiger partial charge in [0.1, 0.15) is 6.07 Å². The van der Waals surface area contributed by atoms with E-state index in [4.69, 9.17) is 5.26 Å². The lowest BCUT2D eigenvalue weighted by Crippen LogP contribution is -2.07. The average molecular weight is 185 g/mol. The Morgan fingerprint density at radius 3 is 2.86 bits per heavy atom. The second-order valence-corrected chi connectivity index (χ2v) is 2.89. The van der Waals surface area contributed by atoms with Crippen LogP contribution in [0.1, 0.15) is 17.5 Å². The van der Waals surface area contributed by atoms with Crippen LogP contribution in [0.2, 0.25) is 0 Å². The molecule has 14 heavy (non-hydrogen) atoms. The summed E-state index contributed by atoms with van der Waals surface area (Å²) in [6.07, 6.45) is 0. The Morgan fingerprint density at radius 1 is 1.50 bits per heavy atom. The number of nitrogens with zero attached hydrogens (tertiary/aromatic N) is 3. The van der Waals surface area contributed by atoms with Crippen molar-refractivity contribution in [2.24, 2.45) is 0 Å². The van der Waals surface area contributed by atoms with Crippen molar-refractivity contribution in [3.8, 4) is 6.07 Å². The quantitative estimate of drug-likeness (QED) is 0.625. The number of imidazole rings is 1. The molecule has 0 aliphatic carbocycles. The summed E-state index contributed by atoms with van der Waals surface area (Å²) in [6, 6.07) is 9.07. The Bertz CT molecular complexity index is 548. The minimum Gasteiger partial charge on any atom is -0.274 e. The molecular weight excluding hydrogens is 178 g/mol. The second-order valence-electron chi connectivity index (χ2n) is 2.89. The van der Waals surface area contributed by atoms with Crippen molar-refractivity contribution in [2.75, 3.05) is 0 Å². The van der Waals surface area contributed by atoms with E-state index in [2.05, 4.69) is 4.98 Å². The fourth-order valence-electron chi connectivity index (χ4n) is 1.42. The standard InChI is InChI=1S/C10H7N3O/c1-7(14)13-9-5-3-2-4-8(9)12-10(13)6-11/h2-5H,1H3. The van der Waals surface area contributed by atoms with Gasteiger partial charge in [0.25, 0.3) is 0 Å². The number of aromatic nitrogens is 2. The van der Waals surface area contributed by atoms with Crippen LogP contribution in [0.3, 0.4) is 0 Å². The van der Waals surface area contributed by atoms with Gasteiger partial charge in [-0.05, 0) is 12.1 Å². The second kappa shape index (κ2) is 2.96. The van der Waals surface area contributed by atoms with E-state index in [0.717, 1.165) is 0 Å². The molecule has 0 atom stereocenters. The van der Waals surface area contributed by atoms with Crippen LogP contribution in [-0.4, -0.2) is 15.5 Å². The molecule has 1 aromatic heterocycles. The molecule has 0 unspecified atom stereocenters. The molecular formula is C10H7N3O. The average Bonchev–Trinajstić information content (AvgIpc) is 2.55. The summed E-state index contributed by atoms with van der Waals surface area (Å²) in [5.41, 5.74) is 1.34. The number of para-hydroxylation sites is 2. The smallest absolute Gasteiger partial charge is 0.230 e. The lowest BCUT2D eigenvalue weighted by Gasteiger charge is -1.97. The highest BCUT2D eigenvalue weighted by Gasteiger charge is 2.11. The maximum absolute atomic E-state index is 11.3.